The molecule has 0 atom stereocenters. The predicted molar refractivity (Wildman–Crippen MR) is 77.9 cm³/mol. The topological polar surface area (TPSA) is 89.6 Å². The summed E-state index contributed by atoms with van der Waals surface area (Å²) in [5, 5.41) is 0.659. The number of H-pyrrole nitrogens is 1. The van der Waals surface area contributed by atoms with Crippen molar-refractivity contribution in [1.29, 1.82) is 0 Å². The highest BCUT2D eigenvalue weighted by atomic mass is 35.5. The molecule has 3 rings (SSSR count). The van der Waals surface area contributed by atoms with Gasteiger partial charge in [-0.3, -0.25) is 9.78 Å². The van der Waals surface area contributed by atoms with Gasteiger partial charge in [-0.1, -0.05) is 29.8 Å². The number of aromatic nitrogens is 4. The van der Waals surface area contributed by atoms with Crippen molar-refractivity contribution in [2.75, 3.05) is 5.73 Å². The molecule has 0 fully saturated rings. The summed E-state index contributed by atoms with van der Waals surface area (Å²) in [5.74, 6) is 0.756. The quantitative estimate of drug-likeness (QED) is 0.751. The van der Waals surface area contributed by atoms with Crippen molar-refractivity contribution < 1.29 is 0 Å². The monoisotopic (exact) mass is 289 g/mol. The molecule has 20 heavy (non-hydrogen) atoms. The van der Waals surface area contributed by atoms with Gasteiger partial charge >= 0.3 is 0 Å². The predicted octanol–water partition coefficient (Wildman–Crippen LogP) is 1.71. The minimum absolute atomic E-state index is 0.0720. The number of nitrogens with zero attached hydrogens (tertiary/aromatic N) is 3. The summed E-state index contributed by atoms with van der Waals surface area (Å²) in [7, 11) is 0. The van der Waals surface area contributed by atoms with E-state index < -0.39 is 0 Å². The fraction of sp³-hybridized carbons (Fsp3) is 0.154. The first-order valence-corrected chi connectivity index (χ1v) is 6.40. The SMILES string of the molecule is Cc1nc2c(=O)[nH]c(N)nc2n1Cc1ccccc1Cl. The molecule has 0 aliphatic carbocycles. The smallest absolute Gasteiger partial charge is 0.280 e. The van der Waals surface area contributed by atoms with Crippen LogP contribution in [-0.4, -0.2) is 19.5 Å². The van der Waals surface area contributed by atoms with E-state index in [1.807, 2.05) is 35.8 Å². The molecule has 1 aromatic carbocycles. The van der Waals surface area contributed by atoms with Crippen molar-refractivity contribution in [1.82, 2.24) is 19.5 Å². The van der Waals surface area contributed by atoms with Crippen LogP contribution in [-0.2, 0) is 6.54 Å². The van der Waals surface area contributed by atoms with Gasteiger partial charge in [-0.2, -0.15) is 4.98 Å². The van der Waals surface area contributed by atoms with Crippen LogP contribution < -0.4 is 11.3 Å². The van der Waals surface area contributed by atoms with E-state index in [1.165, 1.54) is 0 Å². The molecule has 2 heterocycles. The maximum atomic E-state index is 11.8. The minimum Gasteiger partial charge on any atom is -0.369 e. The summed E-state index contributed by atoms with van der Waals surface area (Å²) in [6, 6.07) is 7.51. The third kappa shape index (κ3) is 2.04. The molecular formula is C13H12ClN5O. The van der Waals surface area contributed by atoms with Crippen LogP contribution in [0.3, 0.4) is 0 Å². The van der Waals surface area contributed by atoms with Crippen molar-refractivity contribution in [3.8, 4) is 0 Å². The number of nitrogens with one attached hydrogen (secondary N) is 1. The van der Waals surface area contributed by atoms with E-state index in [0.717, 1.165) is 5.56 Å². The first-order valence-electron chi connectivity index (χ1n) is 6.02. The molecule has 0 bridgehead atoms. The molecule has 0 aliphatic heterocycles. The van der Waals surface area contributed by atoms with E-state index in [-0.39, 0.29) is 17.0 Å². The molecule has 3 N–H and O–H groups in total. The number of rotatable bonds is 2. The van der Waals surface area contributed by atoms with Crippen molar-refractivity contribution in [3.63, 3.8) is 0 Å². The second-order valence-corrected chi connectivity index (χ2v) is 4.87. The highest BCUT2D eigenvalue weighted by molar-refractivity contribution is 6.31. The zero-order chi connectivity index (χ0) is 14.3. The van der Waals surface area contributed by atoms with E-state index in [4.69, 9.17) is 17.3 Å². The molecule has 0 aliphatic rings. The molecule has 0 saturated heterocycles. The number of hydrogen-bond acceptors (Lipinski definition) is 4. The fourth-order valence-corrected chi connectivity index (χ4v) is 2.32. The Labute approximate surface area is 119 Å². The summed E-state index contributed by atoms with van der Waals surface area (Å²) < 4.78 is 1.82. The summed E-state index contributed by atoms with van der Waals surface area (Å²) in [6.07, 6.45) is 0. The number of aromatic amines is 1. The number of imidazole rings is 1. The molecule has 0 unspecified atom stereocenters. The highest BCUT2D eigenvalue weighted by Crippen LogP contribution is 2.19. The molecule has 0 spiro atoms. The highest BCUT2D eigenvalue weighted by Gasteiger charge is 2.14. The zero-order valence-corrected chi connectivity index (χ0v) is 11.5. The zero-order valence-electron chi connectivity index (χ0n) is 10.7. The van der Waals surface area contributed by atoms with Crippen LogP contribution in [0.4, 0.5) is 5.95 Å². The largest absolute Gasteiger partial charge is 0.369 e. The third-order valence-corrected chi connectivity index (χ3v) is 3.47. The minimum atomic E-state index is -0.339. The van der Waals surface area contributed by atoms with Gasteiger partial charge in [-0.25, -0.2) is 4.98 Å². The number of halogens is 1. The van der Waals surface area contributed by atoms with Gasteiger partial charge in [0.2, 0.25) is 5.95 Å². The number of benzene rings is 1. The van der Waals surface area contributed by atoms with Gasteiger partial charge in [-0.15, -0.1) is 0 Å². The first kappa shape index (κ1) is 12.7. The van der Waals surface area contributed by atoms with Crippen LogP contribution in [0, 0.1) is 6.92 Å². The van der Waals surface area contributed by atoms with E-state index in [0.29, 0.717) is 23.0 Å². The van der Waals surface area contributed by atoms with E-state index >= 15 is 0 Å². The Morgan fingerprint density at radius 3 is 2.85 bits per heavy atom. The average Bonchev–Trinajstić information content (AvgIpc) is 2.70. The summed E-state index contributed by atoms with van der Waals surface area (Å²) in [5.41, 5.74) is 6.92. The maximum absolute atomic E-state index is 11.8. The van der Waals surface area contributed by atoms with Gasteiger partial charge in [0.05, 0.1) is 6.54 Å². The average molecular weight is 290 g/mol. The number of nitrogen functional groups attached to an aromatic ring is 1. The Balaban J connectivity index is 2.19. The third-order valence-electron chi connectivity index (χ3n) is 3.10. The molecule has 0 radical (unpaired) electrons. The normalized spacial score (nSPS) is 11.1. The summed E-state index contributed by atoms with van der Waals surface area (Å²) in [4.78, 5) is 22.6. The van der Waals surface area contributed by atoms with Gasteiger partial charge in [0.1, 0.15) is 5.82 Å². The number of nitrogens with two attached hydrogens (primary N) is 1. The van der Waals surface area contributed by atoms with Crippen LogP contribution in [0.1, 0.15) is 11.4 Å². The Morgan fingerprint density at radius 2 is 2.10 bits per heavy atom. The molecule has 0 saturated carbocycles. The molecule has 3 aromatic rings. The molecule has 7 heteroatoms. The van der Waals surface area contributed by atoms with E-state index in [1.54, 1.807) is 0 Å². The Bertz CT molecular complexity index is 852. The Hall–Kier alpha value is -2.34. The molecule has 0 amide bonds. The second kappa shape index (κ2) is 4.64. The summed E-state index contributed by atoms with van der Waals surface area (Å²) in [6.45, 7) is 2.30. The van der Waals surface area contributed by atoms with Crippen molar-refractivity contribution >= 4 is 28.7 Å². The fourth-order valence-electron chi connectivity index (χ4n) is 2.12. The van der Waals surface area contributed by atoms with Gasteiger partial charge in [0.15, 0.2) is 11.2 Å². The number of hydrogen-bond donors (Lipinski definition) is 2. The molecular weight excluding hydrogens is 278 g/mol. The Kier molecular flexibility index (Phi) is 2.94. The lowest BCUT2D eigenvalue weighted by Gasteiger charge is -2.08. The van der Waals surface area contributed by atoms with Crippen molar-refractivity contribution in [2.45, 2.75) is 13.5 Å². The van der Waals surface area contributed by atoms with Crippen LogP contribution in [0.15, 0.2) is 29.1 Å². The molecule has 2 aromatic heterocycles. The van der Waals surface area contributed by atoms with E-state index in [9.17, 15) is 4.79 Å². The number of anilines is 1. The Morgan fingerprint density at radius 1 is 1.35 bits per heavy atom. The molecule has 102 valence electrons. The lowest BCUT2D eigenvalue weighted by Crippen LogP contribution is -2.12. The van der Waals surface area contributed by atoms with Crippen molar-refractivity contribution in [2.24, 2.45) is 0 Å². The lowest BCUT2D eigenvalue weighted by atomic mass is 10.2. The van der Waals surface area contributed by atoms with Crippen LogP contribution in [0.5, 0.6) is 0 Å². The molecule has 6 nitrogen and oxygen atoms in total. The van der Waals surface area contributed by atoms with E-state index in [2.05, 4.69) is 15.0 Å². The first-order chi connectivity index (χ1) is 9.56. The number of aryl methyl sites for hydroxylation is 1. The summed E-state index contributed by atoms with van der Waals surface area (Å²) >= 11 is 6.16. The van der Waals surface area contributed by atoms with Crippen LogP contribution in [0.25, 0.3) is 11.2 Å². The van der Waals surface area contributed by atoms with Crippen LogP contribution in [0.2, 0.25) is 5.02 Å². The van der Waals surface area contributed by atoms with Gasteiger partial charge in [-0.05, 0) is 18.6 Å². The number of fused-ring (bicyclic) bond motifs is 1. The second-order valence-electron chi connectivity index (χ2n) is 4.46. The van der Waals surface area contributed by atoms with Crippen LogP contribution >= 0.6 is 11.6 Å². The van der Waals surface area contributed by atoms with Gasteiger partial charge in [0, 0.05) is 5.02 Å². The van der Waals surface area contributed by atoms with Crippen molar-refractivity contribution in [3.05, 3.63) is 51.0 Å². The standard InChI is InChI=1S/C13H12ClN5O/c1-7-16-10-11(17-13(15)18-12(10)20)19(7)6-8-4-2-3-5-9(8)14/h2-5H,6H2,1H3,(H3,15,17,18,20). The maximum Gasteiger partial charge on any atom is 0.280 e. The van der Waals surface area contributed by atoms with Gasteiger partial charge in [0.25, 0.3) is 5.56 Å². The van der Waals surface area contributed by atoms with Gasteiger partial charge < -0.3 is 10.3 Å². The lowest BCUT2D eigenvalue weighted by molar-refractivity contribution is 0.777.